The number of anilines is 1. The summed E-state index contributed by atoms with van der Waals surface area (Å²) < 4.78 is 28.8. The lowest BCUT2D eigenvalue weighted by atomic mass is 9.90. The number of hydrogen-bond acceptors (Lipinski definition) is 5. The van der Waals surface area contributed by atoms with E-state index in [9.17, 15) is 14.0 Å². The molecule has 30 heavy (non-hydrogen) atoms. The molecular formula is C22H26FN2O5+. The van der Waals surface area contributed by atoms with Crippen molar-refractivity contribution in [2.75, 3.05) is 39.7 Å². The molecule has 160 valence electrons. The number of rotatable bonds is 7. The van der Waals surface area contributed by atoms with Gasteiger partial charge in [-0.05, 0) is 42.0 Å². The molecule has 0 saturated carbocycles. The molecule has 0 bridgehead atoms. The Morgan fingerprint density at radius 3 is 2.40 bits per heavy atom. The summed E-state index contributed by atoms with van der Waals surface area (Å²) in [4.78, 5) is 25.7. The van der Waals surface area contributed by atoms with Gasteiger partial charge in [0.05, 0.1) is 27.9 Å². The molecular weight excluding hydrogens is 391 g/mol. The molecule has 2 atom stereocenters. The summed E-state index contributed by atoms with van der Waals surface area (Å²) in [5, 5.41) is 2.78. The van der Waals surface area contributed by atoms with Crippen LogP contribution in [-0.4, -0.2) is 46.3 Å². The first kappa shape index (κ1) is 21.6. The molecule has 0 spiro atoms. The molecule has 1 unspecified atom stereocenters. The first-order chi connectivity index (χ1) is 14.4. The Hall–Kier alpha value is -3.13. The second-order valence-electron chi connectivity index (χ2n) is 7.13. The molecule has 0 saturated heterocycles. The Morgan fingerprint density at radius 2 is 1.77 bits per heavy atom. The van der Waals surface area contributed by atoms with Gasteiger partial charge in [0, 0.05) is 17.7 Å². The lowest BCUT2D eigenvalue weighted by molar-refractivity contribution is -0.925. The third kappa shape index (κ3) is 4.88. The van der Waals surface area contributed by atoms with Crippen LogP contribution in [0.15, 0.2) is 36.4 Å². The van der Waals surface area contributed by atoms with Gasteiger partial charge in [-0.1, -0.05) is 0 Å². The highest BCUT2D eigenvalue weighted by Gasteiger charge is 2.35. The maximum Gasteiger partial charge on any atom is 0.311 e. The highest BCUT2D eigenvalue weighted by Crippen LogP contribution is 2.35. The molecule has 2 aromatic carbocycles. The Kier molecular flexibility index (Phi) is 6.89. The molecule has 3 rings (SSSR count). The zero-order chi connectivity index (χ0) is 21.7. The van der Waals surface area contributed by atoms with Crippen molar-refractivity contribution >= 4 is 17.6 Å². The normalized spacial score (nSPS) is 17.6. The Bertz CT molecular complexity index is 916. The molecule has 2 aromatic rings. The Morgan fingerprint density at radius 1 is 1.10 bits per heavy atom. The lowest BCUT2D eigenvalue weighted by Gasteiger charge is -2.34. The third-order valence-corrected chi connectivity index (χ3v) is 5.34. The maximum atomic E-state index is 13.1. The summed E-state index contributed by atoms with van der Waals surface area (Å²) in [7, 11) is 4.49. The minimum Gasteiger partial charge on any atom is -0.493 e. The second-order valence-corrected chi connectivity index (χ2v) is 7.13. The molecule has 1 heterocycles. The van der Waals surface area contributed by atoms with Crippen molar-refractivity contribution in [3.63, 3.8) is 0 Å². The number of esters is 1. The number of amides is 1. The van der Waals surface area contributed by atoms with Crippen LogP contribution < -0.4 is 19.7 Å². The molecule has 1 aliphatic rings. The number of carbonyl (C=O) groups is 2. The van der Waals surface area contributed by atoms with Gasteiger partial charge in [0.1, 0.15) is 18.3 Å². The molecule has 7 nitrogen and oxygen atoms in total. The van der Waals surface area contributed by atoms with Crippen LogP contribution in [0.3, 0.4) is 0 Å². The smallest absolute Gasteiger partial charge is 0.311 e. The number of hydrogen-bond donors (Lipinski definition) is 2. The van der Waals surface area contributed by atoms with Gasteiger partial charge < -0.3 is 24.4 Å². The lowest BCUT2D eigenvalue weighted by Crippen LogP contribution is -3.14. The zero-order valence-corrected chi connectivity index (χ0v) is 17.3. The van der Waals surface area contributed by atoms with Crippen LogP contribution in [0.4, 0.5) is 10.1 Å². The monoisotopic (exact) mass is 417 g/mol. The van der Waals surface area contributed by atoms with Crippen molar-refractivity contribution in [3.05, 3.63) is 53.3 Å². The fraction of sp³-hybridized carbons (Fsp3) is 0.364. The number of quaternary nitrogens is 1. The first-order valence-electron chi connectivity index (χ1n) is 9.66. The van der Waals surface area contributed by atoms with Crippen LogP contribution in [0.5, 0.6) is 11.5 Å². The predicted octanol–water partition coefficient (Wildman–Crippen LogP) is 1.53. The minimum atomic E-state index is -0.367. The van der Waals surface area contributed by atoms with Gasteiger partial charge >= 0.3 is 5.97 Å². The van der Waals surface area contributed by atoms with Crippen LogP contribution in [0.2, 0.25) is 0 Å². The first-order valence-corrected chi connectivity index (χ1v) is 9.66. The number of fused-ring (bicyclic) bond motifs is 1. The topological polar surface area (TPSA) is 78.3 Å². The number of carbonyl (C=O) groups excluding carboxylic acids is 2. The van der Waals surface area contributed by atoms with Gasteiger partial charge in [-0.2, -0.15) is 0 Å². The van der Waals surface area contributed by atoms with Crippen LogP contribution in [0.25, 0.3) is 0 Å². The van der Waals surface area contributed by atoms with Crippen molar-refractivity contribution in [3.8, 4) is 11.5 Å². The van der Waals surface area contributed by atoms with Gasteiger partial charge in [0.15, 0.2) is 18.0 Å². The Labute approximate surface area is 174 Å². The van der Waals surface area contributed by atoms with Crippen molar-refractivity contribution in [1.29, 1.82) is 0 Å². The van der Waals surface area contributed by atoms with E-state index in [1.54, 1.807) is 14.2 Å². The molecule has 0 radical (unpaired) electrons. The van der Waals surface area contributed by atoms with E-state index < -0.39 is 0 Å². The number of ether oxygens (including phenoxy) is 3. The molecule has 0 aromatic heterocycles. The molecule has 0 aliphatic carbocycles. The zero-order valence-electron chi connectivity index (χ0n) is 17.3. The highest BCUT2D eigenvalue weighted by atomic mass is 19.1. The second kappa shape index (κ2) is 9.58. The van der Waals surface area contributed by atoms with Gasteiger partial charge in [-0.15, -0.1) is 0 Å². The highest BCUT2D eigenvalue weighted by molar-refractivity contribution is 5.91. The van der Waals surface area contributed by atoms with Crippen LogP contribution >= 0.6 is 0 Å². The number of halogens is 1. The molecule has 2 N–H and O–H groups in total. The van der Waals surface area contributed by atoms with E-state index >= 15 is 0 Å². The van der Waals surface area contributed by atoms with Gasteiger partial charge in [0.25, 0.3) is 5.91 Å². The SMILES string of the molecule is COC(=O)C[C@H]1c2cc(OC)c(OC)cc2CC[NH+]1CC(=O)Nc1ccc(F)cc1. The molecule has 1 amide bonds. The fourth-order valence-corrected chi connectivity index (χ4v) is 3.83. The Balaban J connectivity index is 1.84. The van der Waals surface area contributed by atoms with Crippen molar-refractivity contribution in [1.82, 2.24) is 0 Å². The number of methoxy groups -OCH3 is 3. The third-order valence-electron chi connectivity index (χ3n) is 5.34. The van der Waals surface area contributed by atoms with E-state index in [1.807, 2.05) is 12.1 Å². The maximum absolute atomic E-state index is 13.1. The quantitative estimate of drug-likeness (QED) is 0.668. The van der Waals surface area contributed by atoms with Gasteiger partial charge in [0.2, 0.25) is 0 Å². The fourth-order valence-electron chi connectivity index (χ4n) is 3.83. The van der Waals surface area contributed by atoms with Crippen molar-refractivity contribution in [2.24, 2.45) is 0 Å². The van der Waals surface area contributed by atoms with Gasteiger partial charge in [-0.25, -0.2) is 4.39 Å². The summed E-state index contributed by atoms with van der Waals surface area (Å²) >= 11 is 0. The van der Waals surface area contributed by atoms with E-state index in [0.717, 1.165) is 22.4 Å². The summed E-state index contributed by atoms with van der Waals surface area (Å²) in [5.41, 5.74) is 2.52. The van der Waals surface area contributed by atoms with E-state index in [1.165, 1.54) is 31.4 Å². The summed E-state index contributed by atoms with van der Waals surface area (Å²) in [6.45, 7) is 0.827. The summed E-state index contributed by atoms with van der Waals surface area (Å²) in [6.07, 6.45) is 0.866. The van der Waals surface area contributed by atoms with Crippen LogP contribution in [0, 0.1) is 5.82 Å². The standard InChI is InChI=1S/C22H25FN2O5/c1-28-19-10-14-8-9-25(13-21(26)24-16-6-4-15(23)5-7-16)18(12-22(27)30-3)17(14)11-20(19)29-2/h4-7,10-11,18H,8-9,12-13H2,1-3H3,(H,24,26)/p+1/t18-/m0/s1. The van der Waals surface area contributed by atoms with Crippen molar-refractivity contribution in [2.45, 2.75) is 18.9 Å². The van der Waals surface area contributed by atoms with Gasteiger partial charge in [-0.3, -0.25) is 9.59 Å². The average molecular weight is 417 g/mol. The predicted molar refractivity (Wildman–Crippen MR) is 108 cm³/mol. The van der Waals surface area contributed by atoms with Crippen molar-refractivity contribution < 1.29 is 33.1 Å². The van der Waals surface area contributed by atoms with E-state index in [2.05, 4.69) is 5.32 Å². The number of benzene rings is 2. The minimum absolute atomic E-state index is 0.137. The van der Waals surface area contributed by atoms with E-state index in [-0.39, 0.29) is 36.7 Å². The molecule has 1 aliphatic heterocycles. The molecule has 8 heteroatoms. The molecule has 0 fully saturated rings. The van der Waals surface area contributed by atoms with Crippen LogP contribution in [-0.2, 0) is 20.7 Å². The van der Waals surface area contributed by atoms with E-state index in [4.69, 9.17) is 14.2 Å². The largest absolute Gasteiger partial charge is 0.493 e. The summed E-state index contributed by atoms with van der Waals surface area (Å²) in [5.74, 6) is 0.275. The summed E-state index contributed by atoms with van der Waals surface area (Å²) in [6, 6.07) is 9.14. The van der Waals surface area contributed by atoms with E-state index in [0.29, 0.717) is 23.7 Å². The average Bonchev–Trinajstić information content (AvgIpc) is 2.75. The number of nitrogens with one attached hydrogen (secondary N) is 2. The van der Waals surface area contributed by atoms with Crippen LogP contribution in [0.1, 0.15) is 23.6 Å².